The second kappa shape index (κ2) is 10.3. The first-order valence-corrected chi connectivity index (χ1v) is 9.84. The predicted octanol–water partition coefficient (Wildman–Crippen LogP) is 5.80. The SMILES string of the molecule is CCCCCCC(C)Oc1cccc(NC(=O)c2c(C(F)F)nn(C)c2F)c1C. The lowest BCUT2D eigenvalue weighted by atomic mass is 10.1. The van der Waals surface area contributed by atoms with Gasteiger partial charge in [0.15, 0.2) is 0 Å². The van der Waals surface area contributed by atoms with Crippen molar-refractivity contribution in [1.29, 1.82) is 0 Å². The van der Waals surface area contributed by atoms with Crippen LogP contribution in [0, 0.1) is 12.9 Å². The molecule has 1 heterocycles. The van der Waals surface area contributed by atoms with E-state index in [0.29, 0.717) is 21.7 Å². The van der Waals surface area contributed by atoms with Gasteiger partial charge in [-0.2, -0.15) is 9.49 Å². The van der Waals surface area contributed by atoms with Crippen LogP contribution in [0.1, 0.15) is 74.0 Å². The van der Waals surface area contributed by atoms with Gasteiger partial charge >= 0.3 is 0 Å². The van der Waals surface area contributed by atoms with Crippen LogP contribution in [-0.4, -0.2) is 21.8 Å². The standard InChI is InChI=1S/C21H28F3N3O2/c1-5-6-7-8-10-13(2)29-16-12-9-11-15(14(16)3)25-21(28)17-18(19(22)23)26-27(4)20(17)24/h9,11-13,19H,5-8,10H2,1-4H3,(H,25,28). The third-order valence-corrected chi connectivity index (χ3v) is 4.76. The fraction of sp³-hybridized carbons (Fsp3) is 0.524. The van der Waals surface area contributed by atoms with Crippen molar-refractivity contribution in [3.8, 4) is 5.75 Å². The molecule has 0 saturated heterocycles. The zero-order valence-electron chi connectivity index (χ0n) is 17.3. The summed E-state index contributed by atoms with van der Waals surface area (Å²) in [5, 5.41) is 5.90. The molecule has 0 bridgehead atoms. The Morgan fingerprint density at radius 2 is 2.00 bits per heavy atom. The highest BCUT2D eigenvalue weighted by molar-refractivity contribution is 6.05. The largest absolute Gasteiger partial charge is 0.490 e. The van der Waals surface area contributed by atoms with Crippen molar-refractivity contribution in [2.24, 2.45) is 7.05 Å². The summed E-state index contributed by atoms with van der Waals surface area (Å²) in [6.07, 6.45) is 2.44. The Balaban J connectivity index is 2.13. The molecule has 0 spiro atoms. The maximum absolute atomic E-state index is 14.1. The molecule has 0 fully saturated rings. The zero-order valence-corrected chi connectivity index (χ0v) is 17.3. The Labute approximate surface area is 169 Å². The zero-order chi connectivity index (χ0) is 21.6. The van der Waals surface area contributed by atoms with E-state index in [0.717, 1.165) is 19.3 Å². The highest BCUT2D eigenvalue weighted by Gasteiger charge is 2.28. The number of alkyl halides is 2. The minimum Gasteiger partial charge on any atom is -0.490 e. The van der Waals surface area contributed by atoms with E-state index in [1.54, 1.807) is 25.1 Å². The van der Waals surface area contributed by atoms with Crippen molar-refractivity contribution in [3.63, 3.8) is 0 Å². The van der Waals surface area contributed by atoms with Crippen LogP contribution in [0.25, 0.3) is 0 Å². The Morgan fingerprint density at radius 3 is 2.66 bits per heavy atom. The molecule has 1 N–H and O–H groups in total. The van der Waals surface area contributed by atoms with Crippen molar-refractivity contribution >= 4 is 11.6 Å². The second-order valence-corrected chi connectivity index (χ2v) is 7.14. The minimum atomic E-state index is -3.06. The van der Waals surface area contributed by atoms with Gasteiger partial charge in [0.25, 0.3) is 12.3 Å². The monoisotopic (exact) mass is 411 g/mol. The average Bonchev–Trinajstić information content (AvgIpc) is 2.97. The van der Waals surface area contributed by atoms with Gasteiger partial charge in [-0.25, -0.2) is 13.5 Å². The fourth-order valence-corrected chi connectivity index (χ4v) is 3.08. The number of hydrogen-bond acceptors (Lipinski definition) is 3. The molecular formula is C21H28F3N3O2. The Kier molecular flexibility index (Phi) is 8.10. The summed E-state index contributed by atoms with van der Waals surface area (Å²) in [7, 11) is 1.17. The molecule has 1 aromatic heterocycles. The van der Waals surface area contributed by atoms with Crippen LogP contribution in [0.3, 0.4) is 0 Å². The lowest BCUT2D eigenvalue weighted by molar-refractivity contribution is 0.100. The molecule has 0 aliphatic rings. The number of ether oxygens (including phenoxy) is 1. The molecule has 1 amide bonds. The third kappa shape index (κ3) is 5.74. The Bertz CT molecular complexity index is 837. The van der Waals surface area contributed by atoms with Crippen LogP contribution in [0.2, 0.25) is 0 Å². The average molecular weight is 411 g/mol. The summed E-state index contributed by atoms with van der Waals surface area (Å²) in [5.74, 6) is -1.49. The van der Waals surface area contributed by atoms with E-state index in [2.05, 4.69) is 17.3 Å². The van der Waals surface area contributed by atoms with E-state index >= 15 is 0 Å². The Hall–Kier alpha value is -2.51. The van der Waals surface area contributed by atoms with E-state index in [1.165, 1.54) is 19.9 Å². The molecule has 8 heteroatoms. The number of carbonyl (C=O) groups excluding carboxylic acids is 1. The number of rotatable bonds is 10. The van der Waals surface area contributed by atoms with Crippen molar-refractivity contribution in [2.75, 3.05) is 5.32 Å². The number of benzene rings is 1. The summed E-state index contributed by atoms with van der Waals surface area (Å²) in [5.41, 5.74) is -0.621. The molecule has 2 rings (SSSR count). The molecule has 5 nitrogen and oxygen atoms in total. The van der Waals surface area contributed by atoms with E-state index < -0.39 is 29.5 Å². The first kappa shape index (κ1) is 22.8. The molecule has 0 radical (unpaired) electrons. The van der Waals surface area contributed by atoms with Gasteiger partial charge in [-0.15, -0.1) is 0 Å². The number of anilines is 1. The summed E-state index contributed by atoms with van der Waals surface area (Å²) in [4.78, 5) is 12.5. The predicted molar refractivity (Wildman–Crippen MR) is 106 cm³/mol. The van der Waals surface area contributed by atoms with Crippen molar-refractivity contribution in [2.45, 2.75) is 65.4 Å². The van der Waals surface area contributed by atoms with Gasteiger partial charge in [0.05, 0.1) is 6.10 Å². The number of unbranched alkanes of at least 4 members (excludes halogenated alkanes) is 3. The van der Waals surface area contributed by atoms with E-state index in [-0.39, 0.29) is 6.10 Å². The van der Waals surface area contributed by atoms with Gasteiger partial charge in [-0.1, -0.05) is 32.3 Å². The van der Waals surface area contributed by atoms with Gasteiger partial charge in [-0.05, 0) is 38.8 Å². The number of aromatic nitrogens is 2. The number of nitrogens with zero attached hydrogens (tertiary/aromatic N) is 2. The lowest BCUT2D eigenvalue weighted by Gasteiger charge is -2.18. The molecular weight excluding hydrogens is 383 g/mol. The smallest absolute Gasteiger partial charge is 0.283 e. The number of hydrogen-bond donors (Lipinski definition) is 1. The Morgan fingerprint density at radius 1 is 1.28 bits per heavy atom. The van der Waals surface area contributed by atoms with Crippen LogP contribution in [0.15, 0.2) is 18.2 Å². The highest BCUT2D eigenvalue weighted by atomic mass is 19.3. The molecule has 0 saturated carbocycles. The molecule has 160 valence electrons. The van der Waals surface area contributed by atoms with Crippen molar-refractivity contribution < 1.29 is 22.7 Å². The third-order valence-electron chi connectivity index (χ3n) is 4.76. The van der Waals surface area contributed by atoms with E-state index in [9.17, 15) is 18.0 Å². The number of amides is 1. The van der Waals surface area contributed by atoms with Gasteiger partial charge in [0, 0.05) is 18.3 Å². The molecule has 0 aliphatic heterocycles. The summed E-state index contributed by atoms with van der Waals surface area (Å²) in [6.45, 7) is 5.89. The highest BCUT2D eigenvalue weighted by Crippen LogP contribution is 2.29. The number of halogens is 3. The molecule has 1 unspecified atom stereocenters. The maximum Gasteiger partial charge on any atom is 0.283 e. The first-order chi connectivity index (χ1) is 13.8. The summed E-state index contributed by atoms with van der Waals surface area (Å²) in [6, 6.07) is 5.08. The molecule has 0 aliphatic carbocycles. The number of carbonyl (C=O) groups is 1. The van der Waals surface area contributed by atoms with Gasteiger partial charge in [0.1, 0.15) is 17.0 Å². The van der Waals surface area contributed by atoms with Gasteiger partial charge in [-0.3, -0.25) is 4.79 Å². The molecule has 1 atom stereocenters. The number of aryl methyl sites for hydroxylation is 1. The first-order valence-electron chi connectivity index (χ1n) is 9.84. The van der Waals surface area contributed by atoms with Crippen molar-refractivity contribution in [3.05, 3.63) is 41.0 Å². The van der Waals surface area contributed by atoms with Crippen LogP contribution < -0.4 is 10.1 Å². The molecule has 29 heavy (non-hydrogen) atoms. The normalized spacial score (nSPS) is 12.3. The summed E-state index contributed by atoms with van der Waals surface area (Å²) >= 11 is 0. The minimum absolute atomic E-state index is 0.00212. The molecule has 1 aromatic carbocycles. The van der Waals surface area contributed by atoms with Crippen LogP contribution in [0.5, 0.6) is 5.75 Å². The maximum atomic E-state index is 14.1. The topological polar surface area (TPSA) is 56.1 Å². The second-order valence-electron chi connectivity index (χ2n) is 7.14. The van der Waals surface area contributed by atoms with Crippen LogP contribution in [0.4, 0.5) is 18.9 Å². The molecule has 2 aromatic rings. The van der Waals surface area contributed by atoms with Crippen molar-refractivity contribution in [1.82, 2.24) is 9.78 Å². The lowest BCUT2D eigenvalue weighted by Crippen LogP contribution is -2.17. The quantitative estimate of drug-likeness (QED) is 0.503. The van der Waals surface area contributed by atoms with Crippen LogP contribution in [-0.2, 0) is 7.05 Å². The fourth-order valence-electron chi connectivity index (χ4n) is 3.08. The van der Waals surface area contributed by atoms with E-state index in [4.69, 9.17) is 4.74 Å². The van der Waals surface area contributed by atoms with Gasteiger partial charge in [0.2, 0.25) is 5.95 Å². The summed E-state index contributed by atoms with van der Waals surface area (Å²) < 4.78 is 47.0. The van der Waals surface area contributed by atoms with Gasteiger partial charge < -0.3 is 10.1 Å². The van der Waals surface area contributed by atoms with E-state index in [1.807, 2.05) is 6.92 Å². The van der Waals surface area contributed by atoms with Crippen LogP contribution >= 0.6 is 0 Å². The number of nitrogens with one attached hydrogen (secondary N) is 1.